The first kappa shape index (κ1) is 19.2. The minimum absolute atomic E-state index is 1.01. The molecule has 0 heterocycles. The van der Waals surface area contributed by atoms with E-state index in [-0.39, 0.29) is 0 Å². The molecule has 0 radical (unpaired) electrons. The van der Waals surface area contributed by atoms with Gasteiger partial charge < -0.3 is 0 Å². The van der Waals surface area contributed by atoms with E-state index in [0.29, 0.717) is 0 Å². The van der Waals surface area contributed by atoms with Gasteiger partial charge in [0.15, 0.2) is 0 Å². The van der Waals surface area contributed by atoms with E-state index in [2.05, 4.69) is 18.3 Å². The smallest absolute Gasteiger partial charge is 0.0705 e. The van der Waals surface area contributed by atoms with Crippen molar-refractivity contribution in [3.63, 3.8) is 0 Å². The Hall–Kier alpha value is -0.0900. The minimum atomic E-state index is -1.01. The van der Waals surface area contributed by atoms with Crippen LogP contribution < -0.4 is 0 Å². The summed E-state index contributed by atoms with van der Waals surface area (Å²) in [5.41, 5.74) is 5.95. The fourth-order valence-electron chi connectivity index (χ4n) is 6.90. The molecule has 0 unspecified atom stereocenters. The normalized spacial score (nSPS) is 27.0. The number of rotatable bonds is 5. The van der Waals surface area contributed by atoms with Crippen LogP contribution in [0.3, 0.4) is 0 Å². The van der Waals surface area contributed by atoms with Crippen LogP contribution in [0.4, 0.5) is 0 Å². The van der Waals surface area contributed by atoms with Gasteiger partial charge in [0.05, 0.1) is 30.1 Å². The lowest BCUT2D eigenvalue weighted by molar-refractivity contribution is 0.478. The lowest BCUT2D eigenvalue weighted by Gasteiger charge is -2.46. The molecule has 0 N–H and O–H groups in total. The topological polar surface area (TPSA) is 0 Å². The highest BCUT2D eigenvalue weighted by Crippen LogP contribution is 2.79. The molecule has 0 aromatic rings. The molecule has 26 heavy (non-hydrogen) atoms. The summed E-state index contributed by atoms with van der Waals surface area (Å²) in [6, 6.07) is 0. The van der Waals surface area contributed by atoms with Crippen LogP contribution in [0.5, 0.6) is 0 Å². The zero-order valence-corrected chi connectivity index (χ0v) is 18.3. The molecule has 4 aliphatic rings. The Morgan fingerprint density at radius 3 is 1.88 bits per heavy atom. The van der Waals surface area contributed by atoms with Crippen molar-refractivity contribution in [2.45, 2.75) is 127 Å². The molecule has 0 aliphatic heterocycles. The van der Waals surface area contributed by atoms with Gasteiger partial charge in [0.2, 0.25) is 0 Å². The highest BCUT2D eigenvalue weighted by molar-refractivity contribution is 7.81. The molecule has 0 aromatic carbocycles. The Labute approximate surface area is 163 Å². The zero-order chi connectivity index (χ0) is 17.8. The van der Waals surface area contributed by atoms with E-state index in [1.165, 1.54) is 83.5 Å². The molecule has 0 spiro atoms. The maximum absolute atomic E-state index is 2.81. The first-order chi connectivity index (χ1) is 12.8. The molecule has 0 saturated heterocycles. The first-order valence-corrected chi connectivity index (χ1v) is 14.2. The van der Waals surface area contributed by atoms with Gasteiger partial charge in [-0.2, -0.15) is 0 Å². The van der Waals surface area contributed by atoms with Crippen LogP contribution in [0.2, 0.25) is 0 Å². The van der Waals surface area contributed by atoms with Crippen molar-refractivity contribution in [1.82, 2.24) is 0 Å². The highest BCUT2D eigenvalue weighted by Gasteiger charge is 2.55. The molecule has 4 aliphatic carbocycles. The third-order valence-corrected chi connectivity index (χ3v) is 14.4. The lowest BCUT2D eigenvalue weighted by atomic mass is 9.99. The van der Waals surface area contributed by atoms with Gasteiger partial charge in [-0.05, 0) is 108 Å². The van der Waals surface area contributed by atoms with Crippen LogP contribution in [-0.2, 0) is 0 Å². The summed E-state index contributed by atoms with van der Waals surface area (Å²) in [6.45, 7) is 2.48. The molecule has 0 nitrogen and oxygen atoms in total. The average Bonchev–Trinajstić information content (AvgIpc) is 3.12. The Balaban J connectivity index is 1.74. The first-order valence-electron chi connectivity index (χ1n) is 12.1. The molecule has 0 aromatic heterocycles. The van der Waals surface area contributed by atoms with Crippen molar-refractivity contribution in [1.29, 1.82) is 0 Å². The van der Waals surface area contributed by atoms with E-state index >= 15 is 0 Å². The largest absolute Gasteiger partial charge is 0.0854 e. The maximum Gasteiger partial charge on any atom is 0.0854 e. The molecule has 2 saturated carbocycles. The molecule has 4 rings (SSSR count). The molecule has 0 amide bonds. The zero-order valence-electron chi connectivity index (χ0n) is 17.4. The molecule has 0 bridgehead atoms. The Morgan fingerprint density at radius 2 is 1.38 bits per heavy atom. The van der Waals surface area contributed by atoms with E-state index < -0.39 is 7.26 Å². The van der Waals surface area contributed by atoms with E-state index in [0.717, 1.165) is 11.3 Å². The van der Waals surface area contributed by atoms with E-state index in [1.807, 2.05) is 5.57 Å². The van der Waals surface area contributed by atoms with Gasteiger partial charge in [0.25, 0.3) is 0 Å². The van der Waals surface area contributed by atoms with E-state index in [9.17, 15) is 0 Å². The number of hydrogen-bond acceptors (Lipinski definition) is 0. The summed E-state index contributed by atoms with van der Waals surface area (Å²) in [5.74, 6) is 0. The summed E-state index contributed by atoms with van der Waals surface area (Å²) >= 11 is 0. The van der Waals surface area contributed by atoms with Gasteiger partial charge in [-0.15, -0.1) is 0 Å². The molecule has 1 heteroatoms. The van der Waals surface area contributed by atoms with Gasteiger partial charge in [0.1, 0.15) is 0 Å². The molecular formula is C25H42P+. The second-order valence-corrected chi connectivity index (χ2v) is 14.1. The van der Waals surface area contributed by atoms with Crippen LogP contribution in [-0.4, -0.2) is 17.5 Å². The minimum Gasteiger partial charge on any atom is -0.0705 e. The van der Waals surface area contributed by atoms with Crippen LogP contribution in [0.1, 0.15) is 116 Å². The Kier molecular flexibility index (Phi) is 6.61. The van der Waals surface area contributed by atoms with Gasteiger partial charge in [-0.3, -0.25) is 0 Å². The van der Waals surface area contributed by atoms with Crippen LogP contribution in [0.25, 0.3) is 0 Å². The van der Waals surface area contributed by atoms with E-state index in [4.69, 9.17) is 0 Å². The monoisotopic (exact) mass is 373 g/mol. The SMILES string of the molecule is CC1=C(C[P+](C2=CCCCC2)(C2CCCCC2)C2CCCCC2)CCC1. The fraction of sp³-hybridized carbons (Fsp3) is 0.840. The standard InChI is InChI=1S/C25H42P/c1-21-12-11-13-22(21)20-26(23-14-5-2-6-15-23,24-16-7-3-8-17-24)25-18-9-4-10-19-25/h14,24-25H,2-13,15-20H2,1H3/q+1. The maximum atomic E-state index is 2.81. The second-order valence-electron chi connectivity index (χ2n) is 9.85. The quantitative estimate of drug-likeness (QED) is 0.334. The van der Waals surface area contributed by atoms with Crippen molar-refractivity contribution >= 4 is 7.26 Å². The van der Waals surface area contributed by atoms with Gasteiger partial charge in [-0.1, -0.05) is 18.4 Å². The lowest BCUT2D eigenvalue weighted by Crippen LogP contribution is -2.32. The molecular weight excluding hydrogens is 331 g/mol. The van der Waals surface area contributed by atoms with Crippen LogP contribution in [0, 0.1) is 0 Å². The van der Waals surface area contributed by atoms with Gasteiger partial charge >= 0.3 is 0 Å². The third-order valence-electron chi connectivity index (χ3n) is 8.34. The summed E-state index contributed by atoms with van der Waals surface area (Å²) in [5, 5.41) is 2.06. The molecule has 0 atom stereocenters. The molecule has 2 fully saturated rings. The van der Waals surface area contributed by atoms with Crippen molar-refractivity contribution in [2.75, 3.05) is 6.16 Å². The van der Waals surface area contributed by atoms with E-state index in [1.54, 1.807) is 37.4 Å². The number of allylic oxidation sites excluding steroid dienone is 4. The summed E-state index contributed by atoms with van der Waals surface area (Å²) in [7, 11) is -1.01. The number of hydrogen-bond donors (Lipinski definition) is 0. The van der Waals surface area contributed by atoms with Gasteiger partial charge in [0, 0.05) is 6.42 Å². The Bertz CT molecular complexity index is 510. The van der Waals surface area contributed by atoms with Gasteiger partial charge in [-0.25, -0.2) is 0 Å². The summed E-state index contributed by atoms with van der Waals surface area (Å²) in [6.07, 6.45) is 30.0. The third kappa shape index (κ3) is 3.87. The van der Waals surface area contributed by atoms with Crippen LogP contribution in [0.15, 0.2) is 22.5 Å². The molecule has 146 valence electrons. The predicted octanol–water partition coefficient (Wildman–Crippen LogP) is 8.63. The van der Waals surface area contributed by atoms with Crippen molar-refractivity contribution in [3.8, 4) is 0 Å². The Morgan fingerprint density at radius 1 is 0.731 bits per heavy atom. The average molecular weight is 374 g/mol. The van der Waals surface area contributed by atoms with Crippen molar-refractivity contribution < 1.29 is 0 Å². The predicted molar refractivity (Wildman–Crippen MR) is 119 cm³/mol. The van der Waals surface area contributed by atoms with Crippen molar-refractivity contribution in [3.05, 3.63) is 22.5 Å². The van der Waals surface area contributed by atoms with Crippen molar-refractivity contribution in [2.24, 2.45) is 0 Å². The summed E-state index contributed by atoms with van der Waals surface area (Å²) in [4.78, 5) is 0. The second kappa shape index (κ2) is 8.94. The summed E-state index contributed by atoms with van der Waals surface area (Å²) < 4.78 is 0. The van der Waals surface area contributed by atoms with Crippen LogP contribution >= 0.6 is 7.26 Å². The highest BCUT2D eigenvalue weighted by atomic mass is 31.2. The fourth-order valence-corrected chi connectivity index (χ4v) is 13.8.